The molecule has 0 aliphatic heterocycles. The number of rotatable bonds is 19. The van der Waals surface area contributed by atoms with E-state index in [0.717, 1.165) is 29.5 Å². The van der Waals surface area contributed by atoms with E-state index in [0.29, 0.717) is 17.5 Å². The lowest BCUT2D eigenvalue weighted by Crippen LogP contribution is -2.00. The van der Waals surface area contributed by atoms with Crippen LogP contribution in [-0.4, -0.2) is 15.0 Å². The van der Waals surface area contributed by atoms with Crippen LogP contribution in [0.4, 0.5) is 0 Å². The molecule has 1 heterocycles. The number of unbranched alkanes of at least 4 members (excludes halogenated alkanes) is 10. The number of nitrogens with zero attached hydrogens (tertiary/aromatic N) is 3. The minimum absolute atomic E-state index is 0.686. The van der Waals surface area contributed by atoms with E-state index in [1.807, 2.05) is 0 Å². The van der Waals surface area contributed by atoms with Crippen LogP contribution >= 0.6 is 0 Å². The van der Waals surface area contributed by atoms with Crippen molar-refractivity contribution < 1.29 is 0 Å². The highest BCUT2D eigenvalue weighted by atomic mass is 15.0. The van der Waals surface area contributed by atoms with Crippen LogP contribution in [0.5, 0.6) is 0 Å². The van der Waals surface area contributed by atoms with Crippen LogP contribution in [0.25, 0.3) is 56.4 Å². The van der Waals surface area contributed by atoms with Gasteiger partial charge >= 0.3 is 0 Å². The standard InChI is InChI=1S/C52H61N3/c1-6-8-10-11-12-13-14-15-16-17-19-42-24-30-46(31-25-42)51-53-50(45-26-20-38(3)21-27-45)54-52(55-51)47-34-32-44(33-35-47)49-37-48(36-39(4)40(49)5)43-28-22-41(23-29-43)18-9-7-2/h20-37H,6-19H2,1-5H3. The summed E-state index contributed by atoms with van der Waals surface area (Å²) in [6.45, 7) is 11.1. The fourth-order valence-corrected chi connectivity index (χ4v) is 7.47. The van der Waals surface area contributed by atoms with Crippen molar-refractivity contribution in [3.8, 4) is 56.4 Å². The molecule has 0 aliphatic carbocycles. The summed E-state index contributed by atoms with van der Waals surface area (Å²) in [5, 5.41) is 0. The SMILES string of the molecule is CCCCCCCCCCCCc1ccc(-c2nc(-c3ccc(C)cc3)nc(-c3ccc(-c4cc(-c5ccc(CCCC)cc5)cc(C)c4C)cc3)n2)cc1. The smallest absolute Gasteiger partial charge is 0.164 e. The van der Waals surface area contributed by atoms with E-state index in [1.54, 1.807) is 0 Å². The maximum absolute atomic E-state index is 5.07. The maximum Gasteiger partial charge on any atom is 0.164 e. The summed E-state index contributed by atoms with van der Waals surface area (Å²) in [5.74, 6) is 2.08. The van der Waals surface area contributed by atoms with E-state index in [-0.39, 0.29) is 0 Å². The van der Waals surface area contributed by atoms with Crippen LogP contribution in [0.2, 0.25) is 0 Å². The van der Waals surface area contributed by atoms with Gasteiger partial charge in [-0.3, -0.25) is 0 Å². The van der Waals surface area contributed by atoms with Crippen LogP contribution in [0, 0.1) is 20.8 Å². The van der Waals surface area contributed by atoms with E-state index in [1.165, 1.54) is 127 Å². The summed E-state index contributed by atoms with van der Waals surface area (Å²) < 4.78 is 0. The number of hydrogen-bond acceptors (Lipinski definition) is 3. The van der Waals surface area contributed by atoms with Crippen LogP contribution in [0.15, 0.2) is 109 Å². The average Bonchev–Trinajstić information content (AvgIpc) is 3.22. The van der Waals surface area contributed by atoms with Gasteiger partial charge in [-0.05, 0) is 97.0 Å². The maximum atomic E-state index is 5.07. The first kappa shape index (κ1) is 39.8. The summed E-state index contributed by atoms with van der Waals surface area (Å²) in [6.07, 6.45) is 18.3. The quantitative estimate of drug-likeness (QED) is 0.0780. The fraction of sp³-hybridized carbons (Fsp3) is 0.365. The first-order chi connectivity index (χ1) is 26.9. The Morgan fingerprint density at radius 2 is 0.764 bits per heavy atom. The predicted molar refractivity (Wildman–Crippen MR) is 235 cm³/mol. The largest absolute Gasteiger partial charge is 0.208 e. The highest BCUT2D eigenvalue weighted by Crippen LogP contribution is 2.34. The Morgan fingerprint density at radius 3 is 1.27 bits per heavy atom. The van der Waals surface area contributed by atoms with Gasteiger partial charge in [0.2, 0.25) is 0 Å². The molecule has 0 amide bonds. The third-order valence-corrected chi connectivity index (χ3v) is 11.2. The molecular weight excluding hydrogens is 667 g/mol. The minimum Gasteiger partial charge on any atom is -0.208 e. The lowest BCUT2D eigenvalue weighted by atomic mass is 9.91. The zero-order valence-corrected chi connectivity index (χ0v) is 34.1. The fourth-order valence-electron chi connectivity index (χ4n) is 7.47. The highest BCUT2D eigenvalue weighted by Gasteiger charge is 2.14. The van der Waals surface area contributed by atoms with Crippen molar-refractivity contribution in [1.82, 2.24) is 15.0 Å². The lowest BCUT2D eigenvalue weighted by molar-refractivity contribution is 0.556. The average molecular weight is 728 g/mol. The first-order valence-corrected chi connectivity index (χ1v) is 21.2. The van der Waals surface area contributed by atoms with E-state index >= 15 is 0 Å². The van der Waals surface area contributed by atoms with Crippen LogP contribution in [-0.2, 0) is 12.8 Å². The molecular formula is C52H61N3. The van der Waals surface area contributed by atoms with E-state index in [2.05, 4.69) is 144 Å². The Labute approximate surface area is 331 Å². The van der Waals surface area contributed by atoms with Crippen molar-refractivity contribution in [1.29, 1.82) is 0 Å². The highest BCUT2D eigenvalue weighted by molar-refractivity contribution is 5.78. The molecule has 0 bridgehead atoms. The van der Waals surface area contributed by atoms with E-state index < -0.39 is 0 Å². The Balaban J connectivity index is 1.19. The molecule has 3 heteroatoms. The molecule has 0 atom stereocenters. The zero-order valence-electron chi connectivity index (χ0n) is 34.1. The van der Waals surface area contributed by atoms with Crippen molar-refractivity contribution in [2.75, 3.05) is 0 Å². The Bertz CT molecular complexity index is 2080. The summed E-state index contributed by atoms with van der Waals surface area (Å²) in [5.41, 5.74) is 14.5. The van der Waals surface area contributed by atoms with E-state index in [9.17, 15) is 0 Å². The Morgan fingerprint density at radius 1 is 0.364 bits per heavy atom. The molecule has 6 aromatic rings. The van der Waals surface area contributed by atoms with Crippen molar-refractivity contribution in [3.63, 3.8) is 0 Å². The normalized spacial score (nSPS) is 11.3. The summed E-state index contributed by atoms with van der Waals surface area (Å²) >= 11 is 0. The first-order valence-electron chi connectivity index (χ1n) is 21.2. The van der Waals surface area contributed by atoms with Crippen molar-refractivity contribution in [3.05, 3.63) is 137 Å². The van der Waals surface area contributed by atoms with Gasteiger partial charge < -0.3 is 0 Å². The predicted octanol–water partition coefficient (Wildman–Crippen LogP) is 14.9. The molecule has 0 saturated heterocycles. The molecule has 55 heavy (non-hydrogen) atoms. The molecule has 0 spiro atoms. The summed E-state index contributed by atoms with van der Waals surface area (Å²) in [6, 6.07) is 39.9. The minimum atomic E-state index is 0.686. The summed E-state index contributed by atoms with van der Waals surface area (Å²) in [4.78, 5) is 15.1. The van der Waals surface area contributed by atoms with Gasteiger partial charge in [0.05, 0.1) is 0 Å². The summed E-state index contributed by atoms with van der Waals surface area (Å²) in [7, 11) is 0. The third kappa shape index (κ3) is 11.1. The van der Waals surface area contributed by atoms with Gasteiger partial charge in [-0.2, -0.15) is 0 Å². The molecule has 0 radical (unpaired) electrons. The van der Waals surface area contributed by atoms with Crippen LogP contribution in [0.3, 0.4) is 0 Å². The number of aryl methyl sites for hydroxylation is 4. The number of aromatic nitrogens is 3. The van der Waals surface area contributed by atoms with Crippen LogP contribution < -0.4 is 0 Å². The molecule has 6 rings (SSSR count). The number of hydrogen-bond donors (Lipinski definition) is 0. The van der Waals surface area contributed by atoms with Gasteiger partial charge in [0.15, 0.2) is 17.5 Å². The molecule has 5 aromatic carbocycles. The molecule has 0 saturated carbocycles. The van der Waals surface area contributed by atoms with Gasteiger partial charge in [-0.15, -0.1) is 0 Å². The second-order valence-electron chi connectivity index (χ2n) is 15.6. The number of benzene rings is 5. The van der Waals surface area contributed by atoms with Gasteiger partial charge in [-0.1, -0.05) is 187 Å². The molecule has 0 aliphatic rings. The second-order valence-corrected chi connectivity index (χ2v) is 15.6. The Kier molecular flexibility index (Phi) is 14.6. The monoisotopic (exact) mass is 727 g/mol. The Hall–Kier alpha value is -4.89. The van der Waals surface area contributed by atoms with Crippen molar-refractivity contribution in [2.24, 2.45) is 0 Å². The molecule has 0 fully saturated rings. The van der Waals surface area contributed by atoms with Crippen LogP contribution in [0.1, 0.15) is 119 Å². The van der Waals surface area contributed by atoms with Crippen molar-refractivity contribution in [2.45, 2.75) is 125 Å². The van der Waals surface area contributed by atoms with Gasteiger partial charge in [0.1, 0.15) is 0 Å². The second kappa shape index (κ2) is 20.1. The topological polar surface area (TPSA) is 38.7 Å². The zero-order chi connectivity index (χ0) is 38.4. The molecule has 0 unspecified atom stereocenters. The van der Waals surface area contributed by atoms with Gasteiger partial charge in [-0.25, -0.2) is 15.0 Å². The molecule has 3 nitrogen and oxygen atoms in total. The van der Waals surface area contributed by atoms with E-state index in [4.69, 9.17) is 15.0 Å². The molecule has 0 N–H and O–H groups in total. The van der Waals surface area contributed by atoms with Gasteiger partial charge in [0, 0.05) is 16.7 Å². The van der Waals surface area contributed by atoms with Gasteiger partial charge in [0.25, 0.3) is 0 Å². The molecule has 284 valence electrons. The third-order valence-electron chi connectivity index (χ3n) is 11.2. The molecule has 1 aromatic heterocycles. The van der Waals surface area contributed by atoms with Crippen molar-refractivity contribution >= 4 is 0 Å². The lowest BCUT2D eigenvalue weighted by Gasteiger charge is -2.14.